The monoisotopic (exact) mass is 645 g/mol. The highest BCUT2D eigenvalue weighted by atomic mass is 32.2. The van der Waals surface area contributed by atoms with Gasteiger partial charge in [-0.25, -0.2) is 0 Å². The fraction of sp³-hybridized carbons (Fsp3) is 0.220. The van der Waals surface area contributed by atoms with Crippen molar-refractivity contribution in [3.05, 3.63) is 133 Å². The lowest BCUT2D eigenvalue weighted by Gasteiger charge is -2.13. The average Bonchev–Trinajstić information content (AvgIpc) is 3.13. The highest BCUT2D eigenvalue weighted by molar-refractivity contribution is 7.97. The van der Waals surface area contributed by atoms with Crippen molar-refractivity contribution < 1.29 is 23.7 Å². The van der Waals surface area contributed by atoms with E-state index >= 15 is 0 Å². The quantitative estimate of drug-likeness (QED) is 0.0596. The maximum atomic E-state index is 6.39. The predicted molar refractivity (Wildman–Crippen MR) is 191 cm³/mol. The van der Waals surface area contributed by atoms with Gasteiger partial charge in [-0.05, 0) is 120 Å². The Kier molecular flexibility index (Phi) is 11.3. The highest BCUT2D eigenvalue weighted by Gasteiger charge is 2.29. The standard InChI is InChI=1S/C41H41O5S/c1-3-42-25-27-44-33-13-19-36(20-14-33)47(37-21-15-34(16-22-37)45-28-26-43-4-2)38-23-17-35(18-24-38)46-30-32-29-31-9-5-6-10-39(31)41-12-8-7-11-40(32)41/h5-24,29H,3-4,25-28,30H2,1-2H3/q+1. The van der Waals surface area contributed by atoms with E-state index in [-0.39, 0.29) is 10.9 Å². The van der Waals surface area contributed by atoms with Gasteiger partial charge in [0.05, 0.1) is 24.1 Å². The third-order valence-corrected chi connectivity index (χ3v) is 10.1. The van der Waals surface area contributed by atoms with E-state index in [4.69, 9.17) is 23.7 Å². The smallest absolute Gasteiger partial charge is 0.166 e. The molecule has 0 unspecified atom stereocenters. The van der Waals surface area contributed by atoms with E-state index in [1.807, 2.05) is 38.1 Å². The Bertz CT molecular complexity index is 1800. The van der Waals surface area contributed by atoms with E-state index in [0.717, 1.165) is 17.2 Å². The molecule has 0 aliphatic carbocycles. The lowest BCUT2D eigenvalue weighted by molar-refractivity contribution is 0.110. The van der Waals surface area contributed by atoms with Gasteiger partial charge in [-0.3, -0.25) is 0 Å². The van der Waals surface area contributed by atoms with Gasteiger partial charge in [0.15, 0.2) is 14.7 Å². The first-order valence-corrected chi connectivity index (χ1v) is 17.4. The van der Waals surface area contributed by atoms with Crippen LogP contribution in [0, 0.1) is 0 Å². The summed E-state index contributed by atoms with van der Waals surface area (Å²) in [4.78, 5) is 3.59. The molecule has 6 aromatic rings. The van der Waals surface area contributed by atoms with Crippen LogP contribution in [0.1, 0.15) is 19.4 Å². The fourth-order valence-electron chi connectivity index (χ4n) is 5.56. The van der Waals surface area contributed by atoms with Gasteiger partial charge in [-0.2, -0.15) is 0 Å². The summed E-state index contributed by atoms with van der Waals surface area (Å²) >= 11 is 0. The lowest BCUT2D eigenvalue weighted by atomic mass is 9.98. The van der Waals surface area contributed by atoms with Crippen LogP contribution in [-0.4, -0.2) is 39.6 Å². The van der Waals surface area contributed by atoms with Crippen LogP contribution in [0.5, 0.6) is 17.2 Å². The van der Waals surface area contributed by atoms with Crippen molar-refractivity contribution in [2.45, 2.75) is 35.1 Å². The highest BCUT2D eigenvalue weighted by Crippen LogP contribution is 2.35. The second-order valence-electron chi connectivity index (χ2n) is 10.9. The van der Waals surface area contributed by atoms with Gasteiger partial charge in [0.2, 0.25) is 0 Å². The van der Waals surface area contributed by atoms with Gasteiger partial charge in [0.1, 0.15) is 37.1 Å². The van der Waals surface area contributed by atoms with Gasteiger partial charge in [-0.1, -0.05) is 48.5 Å². The van der Waals surface area contributed by atoms with Crippen molar-refractivity contribution in [3.8, 4) is 17.2 Å². The molecule has 0 aromatic heterocycles. The molecule has 0 spiro atoms. The first-order valence-electron chi connectivity index (χ1n) is 16.2. The summed E-state index contributed by atoms with van der Waals surface area (Å²) in [5.41, 5.74) is 1.18. The zero-order valence-electron chi connectivity index (χ0n) is 27.0. The Morgan fingerprint density at radius 2 is 0.894 bits per heavy atom. The van der Waals surface area contributed by atoms with Crippen LogP contribution >= 0.6 is 0 Å². The molecule has 6 heteroatoms. The van der Waals surface area contributed by atoms with E-state index < -0.39 is 0 Å². The minimum absolute atomic E-state index is 0.347. The van der Waals surface area contributed by atoms with Gasteiger partial charge < -0.3 is 23.7 Å². The predicted octanol–water partition coefficient (Wildman–Crippen LogP) is 9.50. The summed E-state index contributed by atoms with van der Waals surface area (Å²) in [5.74, 6) is 2.51. The molecule has 240 valence electrons. The second kappa shape index (κ2) is 16.4. The molecular formula is C41H41O5S+. The molecule has 0 aliphatic rings. The Labute approximate surface area is 280 Å². The Balaban J connectivity index is 1.22. The summed E-state index contributed by atoms with van der Waals surface area (Å²) < 4.78 is 29.0. The third kappa shape index (κ3) is 8.27. The van der Waals surface area contributed by atoms with Gasteiger partial charge in [-0.15, -0.1) is 0 Å². The summed E-state index contributed by atoms with van der Waals surface area (Å²) in [5, 5.41) is 4.96. The normalized spacial score (nSPS) is 11.3. The molecule has 6 rings (SSSR count). The zero-order valence-corrected chi connectivity index (χ0v) is 27.8. The van der Waals surface area contributed by atoms with Crippen molar-refractivity contribution in [2.75, 3.05) is 39.6 Å². The van der Waals surface area contributed by atoms with E-state index in [2.05, 4.69) is 103 Å². The van der Waals surface area contributed by atoms with Crippen molar-refractivity contribution >= 4 is 32.4 Å². The van der Waals surface area contributed by atoms with Gasteiger partial charge in [0.25, 0.3) is 0 Å². The lowest BCUT2D eigenvalue weighted by Crippen LogP contribution is -2.08. The minimum Gasteiger partial charge on any atom is -0.491 e. The SMILES string of the molecule is CCOCCOc1ccc([S+](c2ccc(OCCOCC)cc2)c2ccc(OCc3cc4ccccc4c4ccccc34)cc2)cc1. The molecule has 0 saturated heterocycles. The van der Waals surface area contributed by atoms with Crippen molar-refractivity contribution in [2.24, 2.45) is 0 Å². The Morgan fingerprint density at radius 3 is 1.40 bits per heavy atom. The van der Waals surface area contributed by atoms with Gasteiger partial charge >= 0.3 is 0 Å². The van der Waals surface area contributed by atoms with Crippen LogP contribution in [0.2, 0.25) is 0 Å². The van der Waals surface area contributed by atoms with Crippen LogP contribution in [0.3, 0.4) is 0 Å². The summed E-state index contributed by atoms with van der Waals surface area (Å²) in [6.45, 7) is 8.05. The molecule has 0 saturated carbocycles. The second-order valence-corrected chi connectivity index (χ2v) is 12.9. The molecular weight excluding hydrogens is 605 g/mol. The maximum absolute atomic E-state index is 6.39. The number of rotatable bonds is 16. The molecule has 6 aromatic carbocycles. The van der Waals surface area contributed by atoms with E-state index in [1.165, 1.54) is 41.8 Å². The maximum Gasteiger partial charge on any atom is 0.166 e. The average molecular weight is 646 g/mol. The van der Waals surface area contributed by atoms with Crippen LogP contribution in [-0.2, 0) is 27.0 Å². The molecule has 0 aliphatic heterocycles. The number of hydrogen-bond acceptors (Lipinski definition) is 5. The minimum atomic E-state index is -0.347. The van der Waals surface area contributed by atoms with E-state index in [0.29, 0.717) is 46.2 Å². The summed E-state index contributed by atoms with van der Waals surface area (Å²) in [6, 6.07) is 44.6. The molecule has 0 amide bonds. The largest absolute Gasteiger partial charge is 0.491 e. The molecule has 47 heavy (non-hydrogen) atoms. The van der Waals surface area contributed by atoms with Crippen molar-refractivity contribution in [3.63, 3.8) is 0 Å². The van der Waals surface area contributed by atoms with Crippen LogP contribution in [0.25, 0.3) is 21.5 Å². The number of benzene rings is 6. The Morgan fingerprint density at radius 1 is 0.447 bits per heavy atom. The molecule has 5 nitrogen and oxygen atoms in total. The molecule has 0 fully saturated rings. The first kappa shape index (κ1) is 32.5. The summed E-state index contributed by atoms with van der Waals surface area (Å²) in [6.07, 6.45) is 0. The molecule has 0 N–H and O–H groups in total. The number of hydrogen-bond donors (Lipinski definition) is 0. The number of fused-ring (bicyclic) bond motifs is 3. The van der Waals surface area contributed by atoms with Crippen LogP contribution < -0.4 is 14.2 Å². The summed E-state index contributed by atoms with van der Waals surface area (Å²) in [7, 11) is -0.347. The van der Waals surface area contributed by atoms with Gasteiger partial charge in [0, 0.05) is 13.2 Å². The topological polar surface area (TPSA) is 46.2 Å². The van der Waals surface area contributed by atoms with Crippen molar-refractivity contribution in [1.29, 1.82) is 0 Å². The fourth-order valence-corrected chi connectivity index (χ4v) is 7.60. The third-order valence-electron chi connectivity index (χ3n) is 7.83. The molecule has 0 heterocycles. The van der Waals surface area contributed by atoms with Crippen LogP contribution in [0.4, 0.5) is 0 Å². The van der Waals surface area contributed by atoms with Crippen LogP contribution in [0.15, 0.2) is 142 Å². The molecule has 0 bridgehead atoms. The van der Waals surface area contributed by atoms with Crippen molar-refractivity contribution in [1.82, 2.24) is 0 Å². The Hall–Kier alpha value is -4.49. The molecule has 0 radical (unpaired) electrons. The number of ether oxygens (including phenoxy) is 5. The van der Waals surface area contributed by atoms with E-state index in [9.17, 15) is 0 Å². The van der Waals surface area contributed by atoms with E-state index in [1.54, 1.807) is 0 Å². The first-order chi connectivity index (χ1) is 23.2. The zero-order chi connectivity index (χ0) is 32.3. The molecule has 0 atom stereocenters.